The van der Waals surface area contributed by atoms with Gasteiger partial charge < -0.3 is 13.7 Å². The Bertz CT molecular complexity index is 2470. The lowest BCUT2D eigenvalue weighted by atomic mass is 9.98. The Labute approximate surface area is 247 Å². The van der Waals surface area contributed by atoms with Crippen LogP contribution in [-0.2, 0) is 0 Å². The summed E-state index contributed by atoms with van der Waals surface area (Å²) >= 11 is 0. The zero-order valence-electron chi connectivity index (χ0n) is 23.2. The Morgan fingerprint density at radius 1 is 0.372 bits per heavy atom. The number of anilines is 3. The van der Waals surface area contributed by atoms with Crippen molar-refractivity contribution in [3.63, 3.8) is 0 Å². The number of para-hydroxylation sites is 4. The van der Waals surface area contributed by atoms with Gasteiger partial charge in [0, 0.05) is 44.0 Å². The van der Waals surface area contributed by atoms with Crippen LogP contribution >= 0.6 is 0 Å². The van der Waals surface area contributed by atoms with Crippen molar-refractivity contribution >= 4 is 71.7 Å². The molecule has 2 aromatic heterocycles. The molecule has 3 heteroatoms. The van der Waals surface area contributed by atoms with E-state index in [2.05, 4.69) is 144 Å². The Kier molecular flexibility index (Phi) is 5.20. The van der Waals surface area contributed by atoms with Crippen molar-refractivity contribution in [2.24, 2.45) is 0 Å². The summed E-state index contributed by atoms with van der Waals surface area (Å²) in [5.74, 6) is 0. The van der Waals surface area contributed by atoms with Crippen LogP contribution in [0.3, 0.4) is 0 Å². The lowest BCUT2D eigenvalue weighted by Gasteiger charge is -2.28. The van der Waals surface area contributed by atoms with Crippen LogP contribution in [0.25, 0.3) is 65.8 Å². The highest BCUT2D eigenvalue weighted by Gasteiger charge is 2.21. The second kappa shape index (κ2) is 9.37. The van der Waals surface area contributed by atoms with Crippen molar-refractivity contribution in [3.8, 4) is 11.1 Å². The minimum Gasteiger partial charge on any atom is -0.456 e. The maximum absolute atomic E-state index is 6.66. The van der Waals surface area contributed by atoms with E-state index in [4.69, 9.17) is 8.83 Å². The molecule has 0 unspecified atom stereocenters. The summed E-state index contributed by atoms with van der Waals surface area (Å²) < 4.78 is 12.8. The molecule has 0 atom stereocenters. The number of nitrogens with zero attached hydrogens (tertiary/aromatic N) is 1. The van der Waals surface area contributed by atoms with Crippen LogP contribution in [0, 0.1) is 0 Å². The monoisotopic (exact) mass is 551 g/mol. The number of hydrogen-bond acceptors (Lipinski definition) is 3. The van der Waals surface area contributed by atoms with Crippen molar-refractivity contribution in [3.05, 3.63) is 152 Å². The normalized spacial score (nSPS) is 11.7. The van der Waals surface area contributed by atoms with Crippen LogP contribution in [0.5, 0.6) is 0 Å². The largest absolute Gasteiger partial charge is 0.456 e. The predicted octanol–water partition coefficient (Wildman–Crippen LogP) is 11.8. The molecule has 0 spiro atoms. The van der Waals surface area contributed by atoms with Crippen LogP contribution in [0.15, 0.2) is 160 Å². The highest BCUT2D eigenvalue weighted by atomic mass is 16.3. The molecular weight excluding hydrogens is 526 g/mol. The van der Waals surface area contributed by atoms with E-state index in [1.165, 1.54) is 10.8 Å². The van der Waals surface area contributed by atoms with Gasteiger partial charge in [-0.25, -0.2) is 0 Å². The first kappa shape index (κ1) is 23.9. The molecule has 3 nitrogen and oxygen atoms in total. The average Bonchev–Trinajstić information content (AvgIpc) is 3.62. The summed E-state index contributed by atoms with van der Waals surface area (Å²) in [6.07, 6.45) is 0. The summed E-state index contributed by atoms with van der Waals surface area (Å²) in [5, 5.41) is 6.84. The van der Waals surface area contributed by atoms with E-state index in [1.54, 1.807) is 0 Å². The molecule has 0 saturated carbocycles. The fourth-order valence-corrected chi connectivity index (χ4v) is 6.45. The molecular formula is C40H25NO2. The topological polar surface area (TPSA) is 29.5 Å². The van der Waals surface area contributed by atoms with Gasteiger partial charge in [0.2, 0.25) is 0 Å². The van der Waals surface area contributed by atoms with Crippen molar-refractivity contribution < 1.29 is 8.83 Å². The van der Waals surface area contributed by atoms with E-state index >= 15 is 0 Å². The van der Waals surface area contributed by atoms with E-state index in [0.29, 0.717) is 0 Å². The van der Waals surface area contributed by atoms with Gasteiger partial charge in [-0.1, -0.05) is 97.1 Å². The molecule has 9 rings (SSSR count). The second-order valence-electron chi connectivity index (χ2n) is 10.9. The Morgan fingerprint density at radius 3 is 1.95 bits per heavy atom. The number of fused-ring (bicyclic) bond motifs is 7. The predicted molar refractivity (Wildman–Crippen MR) is 179 cm³/mol. The van der Waals surface area contributed by atoms with Gasteiger partial charge in [-0.15, -0.1) is 0 Å². The molecule has 202 valence electrons. The van der Waals surface area contributed by atoms with Gasteiger partial charge in [-0.2, -0.15) is 0 Å². The van der Waals surface area contributed by atoms with Gasteiger partial charge in [-0.05, 0) is 65.4 Å². The number of hydrogen-bond donors (Lipinski definition) is 0. The highest BCUT2D eigenvalue weighted by molar-refractivity contribution is 6.14. The third-order valence-electron chi connectivity index (χ3n) is 8.43. The summed E-state index contributed by atoms with van der Waals surface area (Å²) in [6.45, 7) is 0. The molecule has 2 heterocycles. The van der Waals surface area contributed by atoms with Gasteiger partial charge in [0.15, 0.2) is 0 Å². The first-order valence-electron chi connectivity index (χ1n) is 14.5. The maximum Gasteiger partial charge on any atom is 0.143 e. The summed E-state index contributed by atoms with van der Waals surface area (Å²) in [6, 6.07) is 53.1. The minimum atomic E-state index is 0.880. The molecule has 0 N–H and O–H groups in total. The van der Waals surface area contributed by atoms with Crippen LogP contribution in [0.2, 0.25) is 0 Å². The average molecular weight is 552 g/mol. The van der Waals surface area contributed by atoms with E-state index in [9.17, 15) is 0 Å². The van der Waals surface area contributed by atoms with Crippen LogP contribution in [-0.4, -0.2) is 0 Å². The van der Waals surface area contributed by atoms with Gasteiger partial charge >= 0.3 is 0 Å². The van der Waals surface area contributed by atoms with E-state index < -0.39 is 0 Å². The number of furan rings is 2. The van der Waals surface area contributed by atoms with E-state index in [1.807, 2.05) is 12.1 Å². The van der Waals surface area contributed by atoms with Crippen molar-refractivity contribution in [2.45, 2.75) is 0 Å². The molecule has 0 amide bonds. The fourth-order valence-electron chi connectivity index (χ4n) is 6.45. The van der Waals surface area contributed by atoms with Crippen LogP contribution in [0.1, 0.15) is 0 Å². The zero-order chi connectivity index (χ0) is 28.3. The highest BCUT2D eigenvalue weighted by Crippen LogP contribution is 2.45. The second-order valence-corrected chi connectivity index (χ2v) is 10.9. The molecule has 7 aromatic carbocycles. The summed E-state index contributed by atoms with van der Waals surface area (Å²) in [4.78, 5) is 2.33. The molecule has 0 aliphatic carbocycles. The quantitative estimate of drug-likeness (QED) is 0.218. The number of rotatable bonds is 4. The third kappa shape index (κ3) is 3.75. The number of benzene rings is 7. The van der Waals surface area contributed by atoms with Gasteiger partial charge in [0.05, 0.1) is 5.69 Å². The van der Waals surface area contributed by atoms with Crippen molar-refractivity contribution in [2.75, 3.05) is 4.90 Å². The molecule has 9 aromatic rings. The molecule has 0 radical (unpaired) electrons. The SMILES string of the molecule is c1ccc(N(c2ccc3oc4ccccc4c3c2)c2ccccc2-c2cccc3c2oc2cc4ccccc4cc23)cc1. The van der Waals surface area contributed by atoms with Crippen LogP contribution < -0.4 is 4.90 Å². The smallest absolute Gasteiger partial charge is 0.143 e. The lowest BCUT2D eigenvalue weighted by Crippen LogP contribution is -2.11. The van der Waals surface area contributed by atoms with Crippen LogP contribution in [0.4, 0.5) is 17.1 Å². The van der Waals surface area contributed by atoms with Gasteiger partial charge in [0.25, 0.3) is 0 Å². The van der Waals surface area contributed by atoms with E-state index in [0.717, 1.165) is 72.1 Å². The molecule has 43 heavy (non-hydrogen) atoms. The Hall–Kier alpha value is -5.80. The molecule has 0 fully saturated rings. The fraction of sp³-hybridized carbons (Fsp3) is 0. The molecule has 0 saturated heterocycles. The first-order chi connectivity index (χ1) is 21.3. The van der Waals surface area contributed by atoms with E-state index in [-0.39, 0.29) is 0 Å². The minimum absolute atomic E-state index is 0.880. The standard InChI is InChI=1S/C40H25NO2/c1-2-13-28(14-3-1)41(29-21-22-38-35(25-29)31-16-7-9-20-37(31)42-38)36-19-8-6-15-30(36)32-17-10-18-33-34-23-26-11-4-5-12-27(26)24-39(34)43-40(32)33/h1-25H. The maximum atomic E-state index is 6.66. The van der Waals surface area contributed by atoms with Gasteiger partial charge in [0.1, 0.15) is 22.3 Å². The Morgan fingerprint density at radius 2 is 1.05 bits per heavy atom. The Balaban J connectivity index is 1.29. The third-order valence-corrected chi connectivity index (χ3v) is 8.43. The lowest BCUT2D eigenvalue weighted by molar-refractivity contribution is 0.669. The molecule has 0 bridgehead atoms. The first-order valence-corrected chi connectivity index (χ1v) is 14.5. The zero-order valence-corrected chi connectivity index (χ0v) is 23.2. The summed E-state index contributed by atoms with van der Waals surface area (Å²) in [7, 11) is 0. The molecule has 0 aliphatic heterocycles. The van der Waals surface area contributed by atoms with Crippen molar-refractivity contribution in [1.29, 1.82) is 0 Å². The van der Waals surface area contributed by atoms with Gasteiger partial charge in [-0.3, -0.25) is 0 Å². The molecule has 0 aliphatic rings. The summed E-state index contributed by atoms with van der Waals surface area (Å²) in [5.41, 5.74) is 8.92. The van der Waals surface area contributed by atoms with Crippen molar-refractivity contribution in [1.82, 2.24) is 0 Å².